The zero-order valence-corrected chi connectivity index (χ0v) is 18.9. The second kappa shape index (κ2) is 6.39. The summed E-state index contributed by atoms with van der Waals surface area (Å²) in [4.78, 5) is 9.72. The van der Waals surface area contributed by atoms with E-state index in [2.05, 4.69) is 73.2 Å². The molecular formula is C26H26ClN3O. The maximum absolute atomic E-state index is 6.95. The standard InChI is InChI=1S/C26H26ClN3O/c1-25(2)20-14-17(27)10-11-21(20)29(3)26(25)16-28-24-19-9-5-4-8-18(19)22(15-23(24)31-26)30-12-6-7-13-30/h4-5,8-11,14-16H,6-7,12-13H2,1-3H3. The van der Waals surface area contributed by atoms with Crippen LogP contribution in [0.4, 0.5) is 17.1 Å². The van der Waals surface area contributed by atoms with Crippen molar-refractivity contribution in [3.63, 3.8) is 0 Å². The fourth-order valence-corrected chi connectivity index (χ4v) is 5.80. The summed E-state index contributed by atoms with van der Waals surface area (Å²) in [6.07, 6.45) is 4.46. The Bertz CT molecular complexity index is 1240. The number of aliphatic imine (C=N–C) groups is 1. The number of benzene rings is 3. The van der Waals surface area contributed by atoms with Gasteiger partial charge in [0.15, 0.2) is 5.75 Å². The van der Waals surface area contributed by atoms with Crippen LogP contribution in [-0.4, -0.2) is 32.1 Å². The molecule has 3 aliphatic heterocycles. The van der Waals surface area contributed by atoms with Gasteiger partial charge in [0, 0.05) is 53.4 Å². The van der Waals surface area contributed by atoms with Gasteiger partial charge in [0.25, 0.3) is 0 Å². The van der Waals surface area contributed by atoms with Crippen LogP contribution in [0.3, 0.4) is 0 Å². The van der Waals surface area contributed by atoms with Crippen molar-refractivity contribution in [3.8, 4) is 5.75 Å². The number of fused-ring (bicyclic) bond motifs is 4. The summed E-state index contributed by atoms with van der Waals surface area (Å²) in [6.45, 7) is 6.61. The molecule has 0 bridgehead atoms. The number of hydrogen-bond acceptors (Lipinski definition) is 4. The molecule has 0 N–H and O–H groups in total. The van der Waals surface area contributed by atoms with Gasteiger partial charge in [0.05, 0.1) is 11.6 Å². The van der Waals surface area contributed by atoms with E-state index in [0.29, 0.717) is 0 Å². The molecular weight excluding hydrogens is 406 g/mol. The van der Waals surface area contributed by atoms with Crippen molar-refractivity contribution in [3.05, 3.63) is 59.1 Å². The Hall–Kier alpha value is -2.72. The summed E-state index contributed by atoms with van der Waals surface area (Å²) in [6, 6.07) is 16.8. The topological polar surface area (TPSA) is 28.1 Å². The van der Waals surface area contributed by atoms with Crippen molar-refractivity contribution in [2.24, 2.45) is 4.99 Å². The summed E-state index contributed by atoms with van der Waals surface area (Å²) < 4.78 is 6.95. The van der Waals surface area contributed by atoms with Gasteiger partial charge < -0.3 is 14.5 Å². The van der Waals surface area contributed by atoms with Crippen molar-refractivity contribution < 1.29 is 4.74 Å². The van der Waals surface area contributed by atoms with E-state index in [4.69, 9.17) is 21.3 Å². The van der Waals surface area contributed by atoms with Crippen LogP contribution in [-0.2, 0) is 5.41 Å². The van der Waals surface area contributed by atoms with Crippen LogP contribution >= 0.6 is 11.6 Å². The molecule has 1 atom stereocenters. The molecule has 5 heteroatoms. The van der Waals surface area contributed by atoms with Crippen LogP contribution in [0.15, 0.2) is 53.5 Å². The lowest BCUT2D eigenvalue weighted by Gasteiger charge is -2.45. The van der Waals surface area contributed by atoms with Gasteiger partial charge >= 0.3 is 0 Å². The first-order chi connectivity index (χ1) is 14.9. The van der Waals surface area contributed by atoms with Gasteiger partial charge in [0.1, 0.15) is 5.69 Å². The van der Waals surface area contributed by atoms with E-state index in [9.17, 15) is 0 Å². The predicted octanol–water partition coefficient (Wildman–Crippen LogP) is 6.31. The monoisotopic (exact) mass is 431 g/mol. The maximum atomic E-state index is 6.95. The number of rotatable bonds is 1. The third kappa shape index (κ3) is 2.45. The maximum Gasteiger partial charge on any atom is 0.228 e. The smallest absolute Gasteiger partial charge is 0.228 e. The van der Waals surface area contributed by atoms with Gasteiger partial charge in [-0.25, -0.2) is 0 Å². The summed E-state index contributed by atoms with van der Waals surface area (Å²) in [7, 11) is 2.08. The molecule has 3 aromatic rings. The number of nitrogens with zero attached hydrogens (tertiary/aromatic N) is 3. The molecule has 3 heterocycles. The fraction of sp³-hybridized carbons (Fsp3) is 0.346. The number of hydrogen-bond donors (Lipinski definition) is 0. The number of anilines is 2. The second-order valence-electron chi connectivity index (χ2n) is 9.38. The van der Waals surface area contributed by atoms with Crippen LogP contribution in [0.1, 0.15) is 32.3 Å². The molecule has 3 aliphatic rings. The Morgan fingerprint density at radius 3 is 2.48 bits per heavy atom. The summed E-state index contributed by atoms with van der Waals surface area (Å²) >= 11 is 6.37. The van der Waals surface area contributed by atoms with Gasteiger partial charge in [-0.05, 0) is 50.5 Å². The van der Waals surface area contributed by atoms with E-state index in [1.807, 2.05) is 12.3 Å². The molecule has 0 aromatic heterocycles. The van der Waals surface area contributed by atoms with Crippen LogP contribution in [0.5, 0.6) is 5.75 Å². The lowest BCUT2D eigenvalue weighted by atomic mass is 9.77. The van der Waals surface area contributed by atoms with Crippen molar-refractivity contribution in [1.29, 1.82) is 0 Å². The molecule has 158 valence electrons. The highest BCUT2D eigenvalue weighted by molar-refractivity contribution is 6.30. The molecule has 31 heavy (non-hydrogen) atoms. The van der Waals surface area contributed by atoms with Crippen LogP contribution in [0.2, 0.25) is 5.02 Å². The van der Waals surface area contributed by atoms with Crippen LogP contribution < -0.4 is 14.5 Å². The largest absolute Gasteiger partial charge is 0.459 e. The van der Waals surface area contributed by atoms with E-state index in [0.717, 1.165) is 40.6 Å². The molecule has 1 spiro atoms. The average Bonchev–Trinajstić information content (AvgIpc) is 3.36. The van der Waals surface area contributed by atoms with E-state index >= 15 is 0 Å². The number of ether oxygens (including phenoxy) is 1. The van der Waals surface area contributed by atoms with E-state index in [1.54, 1.807) is 0 Å². The molecule has 4 nitrogen and oxygen atoms in total. The zero-order valence-electron chi connectivity index (χ0n) is 18.2. The minimum Gasteiger partial charge on any atom is -0.459 e. The van der Waals surface area contributed by atoms with Crippen molar-refractivity contribution in [2.45, 2.75) is 37.8 Å². The Balaban J connectivity index is 1.55. The highest BCUT2D eigenvalue weighted by Crippen LogP contribution is 2.55. The number of halogens is 1. The zero-order chi connectivity index (χ0) is 21.4. The average molecular weight is 432 g/mol. The first-order valence-electron chi connectivity index (χ1n) is 11.0. The quantitative estimate of drug-likeness (QED) is 0.451. The highest BCUT2D eigenvalue weighted by Gasteiger charge is 2.58. The van der Waals surface area contributed by atoms with E-state index in [1.165, 1.54) is 29.5 Å². The molecule has 1 saturated heterocycles. The summed E-state index contributed by atoms with van der Waals surface area (Å²) in [5.41, 5.74) is 3.43. The Morgan fingerprint density at radius 2 is 1.71 bits per heavy atom. The summed E-state index contributed by atoms with van der Waals surface area (Å²) in [5, 5.41) is 3.13. The van der Waals surface area contributed by atoms with Gasteiger partial charge in [-0.3, -0.25) is 4.99 Å². The summed E-state index contributed by atoms with van der Waals surface area (Å²) in [5.74, 6) is 0.849. The van der Waals surface area contributed by atoms with Gasteiger partial charge in [-0.2, -0.15) is 0 Å². The molecule has 0 amide bonds. The Kier molecular flexibility index (Phi) is 3.92. The lowest BCUT2D eigenvalue weighted by Crippen LogP contribution is -2.61. The van der Waals surface area contributed by atoms with Gasteiger partial charge in [0.2, 0.25) is 5.72 Å². The first-order valence-corrected chi connectivity index (χ1v) is 11.4. The minimum absolute atomic E-state index is 0.331. The van der Waals surface area contributed by atoms with Crippen LogP contribution in [0.25, 0.3) is 10.8 Å². The van der Waals surface area contributed by atoms with Crippen molar-refractivity contribution in [1.82, 2.24) is 0 Å². The highest BCUT2D eigenvalue weighted by atomic mass is 35.5. The van der Waals surface area contributed by atoms with E-state index < -0.39 is 5.72 Å². The SMILES string of the molecule is CN1c2ccc(Cl)cc2C(C)(C)C12C=Nc1c(cc(N3CCCC3)c3ccccc13)O2. The molecule has 0 radical (unpaired) electrons. The minimum atomic E-state index is -0.711. The normalized spacial score (nSPS) is 23.4. The number of likely N-dealkylation sites (N-methyl/N-ethyl adjacent to an activating group) is 1. The third-order valence-electron chi connectivity index (χ3n) is 7.43. The van der Waals surface area contributed by atoms with Crippen molar-refractivity contribution >= 4 is 45.7 Å². The third-order valence-corrected chi connectivity index (χ3v) is 7.66. The molecule has 0 saturated carbocycles. The van der Waals surface area contributed by atoms with Crippen LogP contribution in [0, 0.1) is 0 Å². The van der Waals surface area contributed by atoms with Gasteiger partial charge in [-0.1, -0.05) is 35.9 Å². The fourth-order valence-electron chi connectivity index (χ4n) is 5.63. The lowest BCUT2D eigenvalue weighted by molar-refractivity contribution is 0.0827. The van der Waals surface area contributed by atoms with Gasteiger partial charge in [-0.15, -0.1) is 0 Å². The van der Waals surface area contributed by atoms with E-state index in [-0.39, 0.29) is 5.41 Å². The Labute approximate surface area is 188 Å². The molecule has 0 aliphatic carbocycles. The molecule has 6 rings (SSSR count). The molecule has 1 fully saturated rings. The first kappa shape index (κ1) is 19.0. The molecule has 1 unspecified atom stereocenters. The van der Waals surface area contributed by atoms with Crippen molar-refractivity contribution in [2.75, 3.05) is 29.9 Å². The predicted molar refractivity (Wildman–Crippen MR) is 130 cm³/mol. The Morgan fingerprint density at radius 1 is 0.968 bits per heavy atom. The second-order valence-corrected chi connectivity index (χ2v) is 9.82. The molecule has 3 aromatic carbocycles.